The highest BCUT2D eigenvalue weighted by molar-refractivity contribution is 7.07. The Morgan fingerprint density at radius 1 is 1.21 bits per heavy atom. The predicted molar refractivity (Wildman–Crippen MR) is 122 cm³/mol. The van der Waals surface area contributed by atoms with Gasteiger partial charge in [0.05, 0.1) is 0 Å². The lowest BCUT2D eigenvalue weighted by Crippen LogP contribution is -2.45. The van der Waals surface area contributed by atoms with Gasteiger partial charge in [0, 0.05) is 62.6 Å². The molecule has 2 N–H and O–H groups in total. The fraction of sp³-hybridized carbons (Fsp3) is 0.476. The maximum atomic E-state index is 6.56. The zero-order valence-electron chi connectivity index (χ0n) is 16.9. The van der Waals surface area contributed by atoms with Crippen LogP contribution in [0.3, 0.4) is 0 Å². The van der Waals surface area contributed by atoms with E-state index in [-0.39, 0.29) is 0 Å². The van der Waals surface area contributed by atoms with Crippen LogP contribution in [0.2, 0.25) is 5.02 Å². The number of nitrogens with one attached hydrogen (secondary N) is 2. The van der Waals surface area contributed by atoms with Crippen LogP contribution in [-0.2, 0) is 6.54 Å². The molecule has 0 aliphatic carbocycles. The molecule has 1 aromatic heterocycles. The SMILES string of the molecule is CN=C(NCc1c(Cl)cccc1N1CCN(C)CC1)NCC(C)c1ccsc1. The van der Waals surface area contributed by atoms with Crippen molar-refractivity contribution in [2.24, 2.45) is 4.99 Å². The Kier molecular flexibility index (Phi) is 7.59. The van der Waals surface area contributed by atoms with Crippen LogP contribution in [0.25, 0.3) is 0 Å². The topological polar surface area (TPSA) is 42.9 Å². The van der Waals surface area contributed by atoms with Gasteiger partial charge in [0.15, 0.2) is 5.96 Å². The molecule has 5 nitrogen and oxygen atoms in total. The summed E-state index contributed by atoms with van der Waals surface area (Å²) in [5.74, 6) is 1.23. The Bertz CT molecular complexity index is 769. The molecule has 152 valence electrons. The van der Waals surface area contributed by atoms with Gasteiger partial charge in [0.1, 0.15) is 0 Å². The van der Waals surface area contributed by atoms with E-state index in [1.807, 2.05) is 12.1 Å². The molecule has 3 rings (SSSR count). The molecule has 1 aliphatic rings. The smallest absolute Gasteiger partial charge is 0.191 e. The summed E-state index contributed by atoms with van der Waals surface area (Å²) in [6.45, 7) is 7.90. The highest BCUT2D eigenvalue weighted by atomic mass is 35.5. The summed E-state index contributed by atoms with van der Waals surface area (Å²) in [7, 11) is 3.98. The van der Waals surface area contributed by atoms with Gasteiger partial charge in [0.25, 0.3) is 0 Å². The van der Waals surface area contributed by atoms with Crippen molar-refractivity contribution < 1.29 is 0 Å². The molecule has 2 heterocycles. The van der Waals surface area contributed by atoms with E-state index >= 15 is 0 Å². The van der Waals surface area contributed by atoms with Gasteiger partial charge in [0.2, 0.25) is 0 Å². The Hall–Kier alpha value is -1.76. The Labute approximate surface area is 177 Å². The van der Waals surface area contributed by atoms with Crippen molar-refractivity contribution in [1.29, 1.82) is 0 Å². The summed E-state index contributed by atoms with van der Waals surface area (Å²) in [5, 5.41) is 12.0. The second-order valence-corrected chi connectivity index (χ2v) is 8.48. The van der Waals surface area contributed by atoms with E-state index in [4.69, 9.17) is 11.6 Å². The van der Waals surface area contributed by atoms with Crippen LogP contribution in [0.5, 0.6) is 0 Å². The summed E-state index contributed by atoms with van der Waals surface area (Å²) in [6.07, 6.45) is 0. The monoisotopic (exact) mass is 419 g/mol. The van der Waals surface area contributed by atoms with Crippen LogP contribution in [0.4, 0.5) is 5.69 Å². The number of benzene rings is 1. The number of hydrogen-bond acceptors (Lipinski definition) is 4. The minimum atomic E-state index is 0.436. The van der Waals surface area contributed by atoms with Gasteiger partial charge in [-0.05, 0) is 47.5 Å². The lowest BCUT2D eigenvalue weighted by molar-refractivity contribution is 0.312. The highest BCUT2D eigenvalue weighted by Gasteiger charge is 2.18. The molecule has 0 radical (unpaired) electrons. The molecule has 1 fully saturated rings. The number of thiophene rings is 1. The van der Waals surface area contributed by atoms with Crippen LogP contribution < -0.4 is 15.5 Å². The van der Waals surface area contributed by atoms with Crippen LogP contribution in [0, 0.1) is 0 Å². The first-order chi connectivity index (χ1) is 13.6. The first kappa shape index (κ1) is 21.0. The van der Waals surface area contributed by atoms with Gasteiger partial charge >= 0.3 is 0 Å². The molecule has 0 saturated carbocycles. The first-order valence-electron chi connectivity index (χ1n) is 9.76. The number of likely N-dealkylation sites (N-methyl/N-ethyl adjacent to an activating group) is 1. The van der Waals surface area contributed by atoms with E-state index in [1.165, 1.54) is 11.3 Å². The normalized spacial score (nSPS) is 16.9. The van der Waals surface area contributed by atoms with E-state index in [9.17, 15) is 0 Å². The maximum absolute atomic E-state index is 6.56. The van der Waals surface area contributed by atoms with Crippen molar-refractivity contribution in [2.75, 3.05) is 51.7 Å². The fourth-order valence-corrected chi connectivity index (χ4v) is 4.40. The summed E-state index contributed by atoms with van der Waals surface area (Å²) in [6, 6.07) is 8.35. The third-order valence-electron chi connectivity index (χ3n) is 5.28. The highest BCUT2D eigenvalue weighted by Crippen LogP contribution is 2.28. The summed E-state index contributed by atoms with van der Waals surface area (Å²) < 4.78 is 0. The fourth-order valence-electron chi connectivity index (χ4n) is 3.38. The number of halogens is 1. The van der Waals surface area contributed by atoms with Crippen LogP contribution in [0.1, 0.15) is 24.0 Å². The second kappa shape index (κ2) is 10.1. The minimum Gasteiger partial charge on any atom is -0.369 e. The summed E-state index contributed by atoms with van der Waals surface area (Å²) in [5.41, 5.74) is 3.70. The molecule has 0 amide bonds. The van der Waals surface area contributed by atoms with E-state index < -0.39 is 0 Å². The standard InChI is InChI=1S/C21H30ClN5S/c1-16(17-7-12-28-15-17)13-24-21(23-2)25-14-18-19(22)5-4-6-20(18)27-10-8-26(3)9-11-27/h4-7,12,15-16H,8-11,13-14H2,1-3H3,(H2,23,24,25). The van der Waals surface area contributed by atoms with E-state index in [0.717, 1.165) is 49.3 Å². The third-order valence-corrected chi connectivity index (χ3v) is 6.34. The largest absolute Gasteiger partial charge is 0.369 e. The molecule has 1 aromatic carbocycles. The molecule has 0 bridgehead atoms. The molecular formula is C21H30ClN5S. The predicted octanol–water partition coefficient (Wildman–Crippen LogP) is 3.62. The van der Waals surface area contributed by atoms with Crippen molar-refractivity contribution in [2.45, 2.75) is 19.4 Å². The molecule has 28 heavy (non-hydrogen) atoms. The lowest BCUT2D eigenvalue weighted by atomic mass is 10.1. The maximum Gasteiger partial charge on any atom is 0.191 e. The molecule has 2 aromatic rings. The molecule has 1 atom stereocenters. The van der Waals surface area contributed by atoms with Crippen LogP contribution in [0.15, 0.2) is 40.0 Å². The lowest BCUT2D eigenvalue weighted by Gasteiger charge is -2.35. The van der Waals surface area contributed by atoms with Gasteiger partial charge in [-0.15, -0.1) is 0 Å². The summed E-state index contributed by atoms with van der Waals surface area (Å²) in [4.78, 5) is 9.16. The molecule has 1 unspecified atom stereocenters. The van der Waals surface area contributed by atoms with Crippen molar-refractivity contribution in [3.63, 3.8) is 0 Å². The third kappa shape index (κ3) is 5.40. The Balaban J connectivity index is 1.61. The number of nitrogens with zero attached hydrogens (tertiary/aromatic N) is 3. The molecule has 1 aliphatic heterocycles. The van der Waals surface area contributed by atoms with Gasteiger partial charge in [-0.25, -0.2) is 0 Å². The zero-order valence-corrected chi connectivity index (χ0v) is 18.5. The van der Waals surface area contributed by atoms with Crippen molar-refractivity contribution in [1.82, 2.24) is 15.5 Å². The van der Waals surface area contributed by atoms with Gasteiger partial charge in [-0.3, -0.25) is 4.99 Å². The van der Waals surface area contributed by atoms with E-state index in [0.29, 0.717) is 12.5 Å². The number of piperazine rings is 1. The van der Waals surface area contributed by atoms with E-state index in [1.54, 1.807) is 18.4 Å². The first-order valence-corrected chi connectivity index (χ1v) is 11.1. The van der Waals surface area contributed by atoms with Crippen LogP contribution >= 0.6 is 22.9 Å². The van der Waals surface area contributed by atoms with Crippen molar-refractivity contribution in [3.8, 4) is 0 Å². The van der Waals surface area contributed by atoms with Gasteiger partial charge < -0.3 is 20.4 Å². The molecule has 0 spiro atoms. The Morgan fingerprint density at radius 3 is 2.68 bits per heavy atom. The summed E-state index contributed by atoms with van der Waals surface area (Å²) >= 11 is 8.30. The minimum absolute atomic E-state index is 0.436. The van der Waals surface area contributed by atoms with Crippen molar-refractivity contribution >= 4 is 34.6 Å². The number of aliphatic imine (C=N–C) groups is 1. The zero-order chi connectivity index (χ0) is 19.9. The van der Waals surface area contributed by atoms with E-state index in [2.05, 4.69) is 62.3 Å². The van der Waals surface area contributed by atoms with Crippen molar-refractivity contribution in [3.05, 3.63) is 51.2 Å². The van der Waals surface area contributed by atoms with Gasteiger partial charge in [-0.2, -0.15) is 11.3 Å². The average Bonchev–Trinajstić information content (AvgIpc) is 3.24. The van der Waals surface area contributed by atoms with Gasteiger partial charge in [-0.1, -0.05) is 24.6 Å². The molecule has 1 saturated heterocycles. The second-order valence-electron chi connectivity index (χ2n) is 7.29. The number of hydrogen-bond donors (Lipinski definition) is 2. The average molecular weight is 420 g/mol. The molecular weight excluding hydrogens is 390 g/mol. The quantitative estimate of drug-likeness (QED) is 0.554. The number of guanidine groups is 1. The Morgan fingerprint density at radius 2 is 2.00 bits per heavy atom. The van der Waals surface area contributed by atoms with Crippen LogP contribution in [-0.4, -0.2) is 57.7 Å². The number of anilines is 1. The molecule has 7 heteroatoms. The number of rotatable bonds is 6.